The van der Waals surface area contributed by atoms with Crippen molar-refractivity contribution in [3.63, 3.8) is 0 Å². The maximum absolute atomic E-state index is 14.9. The van der Waals surface area contributed by atoms with Crippen LogP contribution >= 0.6 is 0 Å². The van der Waals surface area contributed by atoms with Crippen LogP contribution in [-0.4, -0.2) is 85.2 Å². The van der Waals surface area contributed by atoms with Crippen LogP contribution < -0.4 is 19.9 Å². The summed E-state index contributed by atoms with van der Waals surface area (Å²) >= 11 is 0. The van der Waals surface area contributed by atoms with Crippen molar-refractivity contribution in [2.45, 2.75) is 56.9 Å². The molecule has 2 aliphatic heterocycles. The van der Waals surface area contributed by atoms with Crippen LogP contribution in [0.4, 0.5) is 31.9 Å². The van der Waals surface area contributed by atoms with Gasteiger partial charge in [-0.15, -0.1) is 0 Å². The van der Waals surface area contributed by atoms with Crippen molar-refractivity contribution in [1.82, 2.24) is 14.9 Å². The topological polar surface area (TPSA) is 103 Å². The van der Waals surface area contributed by atoms with E-state index < -0.39 is 18.4 Å². The number of halogens is 2. The van der Waals surface area contributed by atoms with Crippen LogP contribution in [0, 0.1) is 0 Å². The Balaban J connectivity index is 1.42. The monoisotopic (exact) mass is 555 g/mol. The van der Waals surface area contributed by atoms with Crippen molar-refractivity contribution in [2.24, 2.45) is 4.99 Å². The lowest BCUT2D eigenvalue weighted by Crippen LogP contribution is -2.49. The second-order valence-corrected chi connectivity index (χ2v) is 10.7. The molecule has 10 nitrogen and oxygen atoms in total. The predicted octanol–water partition coefficient (Wildman–Crippen LogP) is 4.29. The lowest BCUT2D eigenvalue weighted by Gasteiger charge is -2.35. The fraction of sp³-hybridized carbons (Fsp3) is 0.536. The molecule has 1 saturated heterocycles. The van der Waals surface area contributed by atoms with Gasteiger partial charge in [-0.05, 0) is 50.9 Å². The molecule has 1 N–H and O–H groups in total. The number of fused-ring (bicyclic) bond motifs is 1. The summed E-state index contributed by atoms with van der Waals surface area (Å²) in [5, 5.41) is 3.10. The summed E-state index contributed by atoms with van der Waals surface area (Å²) in [6.45, 7) is 1.01. The number of benzene rings is 1. The number of hydrogen-bond acceptors (Lipinski definition) is 8. The molecular formula is C28H35F2N7O3. The van der Waals surface area contributed by atoms with Crippen LogP contribution in [0.15, 0.2) is 29.4 Å². The number of amides is 2. The zero-order valence-electron chi connectivity index (χ0n) is 23.1. The number of nitrogens with zero attached hydrogens (tertiary/aromatic N) is 6. The van der Waals surface area contributed by atoms with E-state index in [-0.39, 0.29) is 29.4 Å². The number of ether oxygens (including phenoxy) is 1. The van der Waals surface area contributed by atoms with Gasteiger partial charge >= 0.3 is 5.92 Å². The molecule has 2 amide bonds. The Morgan fingerprint density at radius 3 is 2.58 bits per heavy atom. The van der Waals surface area contributed by atoms with Gasteiger partial charge in [0.1, 0.15) is 11.4 Å². The van der Waals surface area contributed by atoms with E-state index in [0.717, 1.165) is 68.6 Å². The van der Waals surface area contributed by atoms with Crippen LogP contribution in [0.3, 0.4) is 0 Å². The summed E-state index contributed by atoms with van der Waals surface area (Å²) in [6, 6.07) is 4.79. The van der Waals surface area contributed by atoms with Crippen LogP contribution in [-0.2, 0) is 4.79 Å². The molecule has 3 heterocycles. The first kappa shape index (κ1) is 27.9. The fourth-order valence-corrected chi connectivity index (χ4v) is 5.53. The number of aliphatic imine (C=N–C) groups is 1. The Kier molecular flexibility index (Phi) is 7.97. The van der Waals surface area contributed by atoms with Gasteiger partial charge < -0.3 is 24.8 Å². The number of hydrogen-bond donors (Lipinski definition) is 1. The van der Waals surface area contributed by atoms with Gasteiger partial charge in [0.15, 0.2) is 5.82 Å². The molecule has 2 fully saturated rings. The van der Waals surface area contributed by atoms with Gasteiger partial charge in [0.05, 0.1) is 25.5 Å². The molecule has 1 aliphatic carbocycles. The van der Waals surface area contributed by atoms with Crippen LogP contribution in [0.2, 0.25) is 0 Å². The Bertz CT molecular complexity index is 1300. The van der Waals surface area contributed by atoms with E-state index in [2.05, 4.69) is 25.2 Å². The van der Waals surface area contributed by atoms with E-state index in [9.17, 15) is 18.4 Å². The number of aromatic nitrogens is 2. The SMILES string of the molecule is COc1cc(C(=O)N=C2CCN(C)CC2)ccc1Nc1ncc2c(n1)N(C1CCCCC1)CC(F)(F)C(=O)N2C. The minimum atomic E-state index is -3.55. The highest BCUT2D eigenvalue weighted by Gasteiger charge is 2.48. The minimum Gasteiger partial charge on any atom is -0.495 e. The third kappa shape index (κ3) is 5.77. The quantitative estimate of drug-likeness (QED) is 0.583. The van der Waals surface area contributed by atoms with Gasteiger partial charge in [0.25, 0.3) is 11.8 Å². The molecule has 1 saturated carbocycles. The van der Waals surface area contributed by atoms with Crippen LogP contribution in [0.5, 0.6) is 5.75 Å². The van der Waals surface area contributed by atoms with Crippen LogP contribution in [0.25, 0.3) is 0 Å². The average molecular weight is 556 g/mol. The highest BCUT2D eigenvalue weighted by molar-refractivity contribution is 6.05. The minimum absolute atomic E-state index is 0.147. The largest absolute Gasteiger partial charge is 0.495 e. The van der Waals surface area contributed by atoms with E-state index in [4.69, 9.17) is 4.74 Å². The molecule has 0 bridgehead atoms. The van der Waals surface area contributed by atoms with E-state index >= 15 is 0 Å². The number of carbonyl (C=O) groups is 2. The molecule has 5 rings (SSSR count). The van der Waals surface area contributed by atoms with Gasteiger partial charge in [-0.2, -0.15) is 13.8 Å². The molecule has 214 valence electrons. The molecule has 1 aromatic carbocycles. The van der Waals surface area contributed by atoms with E-state index in [1.165, 1.54) is 20.4 Å². The zero-order valence-corrected chi connectivity index (χ0v) is 23.1. The Labute approximate surface area is 232 Å². The zero-order chi connectivity index (χ0) is 28.4. The standard InChI is InChI=1S/C28H35F2N7O3/c1-35-13-11-19(12-14-35)32-25(38)18-9-10-21(23(15-18)40-3)33-27-31-16-22-24(34-27)37(20-7-5-4-6-8-20)17-28(29,30)26(39)36(22)2/h9-10,15-16,20H,4-8,11-14,17H2,1-3H3,(H,31,33,34). The number of anilines is 4. The van der Waals surface area contributed by atoms with E-state index in [0.29, 0.717) is 17.0 Å². The number of likely N-dealkylation sites (tertiary alicyclic amines) is 1. The van der Waals surface area contributed by atoms with Gasteiger partial charge in [-0.3, -0.25) is 9.59 Å². The second-order valence-electron chi connectivity index (χ2n) is 10.7. The maximum Gasteiger partial charge on any atom is 0.342 e. The Morgan fingerprint density at radius 2 is 1.88 bits per heavy atom. The summed E-state index contributed by atoms with van der Waals surface area (Å²) in [5.41, 5.74) is 2.01. The highest BCUT2D eigenvalue weighted by atomic mass is 19.3. The van der Waals surface area contributed by atoms with Crippen LogP contribution in [0.1, 0.15) is 55.3 Å². The first-order valence-corrected chi connectivity index (χ1v) is 13.7. The Hall–Kier alpha value is -3.67. The van der Waals surface area contributed by atoms with Crippen molar-refractivity contribution < 1.29 is 23.1 Å². The predicted molar refractivity (Wildman–Crippen MR) is 149 cm³/mol. The Morgan fingerprint density at radius 1 is 1.15 bits per heavy atom. The second kappa shape index (κ2) is 11.4. The lowest BCUT2D eigenvalue weighted by molar-refractivity contribution is -0.140. The molecule has 0 unspecified atom stereocenters. The van der Waals surface area contributed by atoms with Gasteiger partial charge in [-0.25, -0.2) is 9.98 Å². The van der Waals surface area contributed by atoms with Crippen molar-refractivity contribution in [1.29, 1.82) is 0 Å². The van der Waals surface area contributed by atoms with E-state index in [1.807, 2.05) is 7.05 Å². The highest BCUT2D eigenvalue weighted by Crippen LogP contribution is 2.39. The summed E-state index contributed by atoms with van der Waals surface area (Å²) in [4.78, 5) is 43.4. The third-order valence-corrected chi connectivity index (χ3v) is 7.90. The number of rotatable bonds is 5. The smallest absolute Gasteiger partial charge is 0.342 e. The average Bonchev–Trinajstić information content (AvgIpc) is 3.03. The van der Waals surface area contributed by atoms with Crippen molar-refractivity contribution in [3.05, 3.63) is 30.0 Å². The molecule has 0 spiro atoms. The maximum atomic E-state index is 14.9. The molecule has 12 heteroatoms. The molecule has 40 heavy (non-hydrogen) atoms. The number of alkyl halides is 2. The number of carbonyl (C=O) groups excluding carboxylic acids is 2. The molecular weight excluding hydrogens is 520 g/mol. The van der Waals surface area contributed by atoms with Gasteiger partial charge in [0.2, 0.25) is 5.95 Å². The first-order valence-electron chi connectivity index (χ1n) is 13.7. The van der Waals surface area contributed by atoms with Gasteiger partial charge in [0, 0.05) is 37.5 Å². The van der Waals surface area contributed by atoms with Crippen molar-refractivity contribution in [2.75, 3.05) is 56.0 Å². The number of piperidine rings is 1. The first-order chi connectivity index (χ1) is 19.2. The summed E-state index contributed by atoms with van der Waals surface area (Å²) in [6.07, 6.45) is 7.36. The molecule has 1 aromatic heterocycles. The summed E-state index contributed by atoms with van der Waals surface area (Å²) in [5.74, 6) is -4.32. The molecule has 3 aliphatic rings. The molecule has 2 aromatic rings. The normalized spacial score (nSPS) is 20.1. The number of nitrogens with one attached hydrogen (secondary N) is 1. The molecule has 0 atom stereocenters. The van der Waals surface area contributed by atoms with Gasteiger partial charge in [-0.1, -0.05) is 19.3 Å². The van der Waals surface area contributed by atoms with Crippen molar-refractivity contribution >= 4 is 40.7 Å². The van der Waals surface area contributed by atoms with Crippen molar-refractivity contribution in [3.8, 4) is 5.75 Å². The lowest BCUT2D eigenvalue weighted by atomic mass is 9.94. The summed E-state index contributed by atoms with van der Waals surface area (Å²) in [7, 11) is 4.86. The van der Waals surface area contributed by atoms with E-state index in [1.54, 1.807) is 23.1 Å². The molecule has 0 radical (unpaired) electrons. The summed E-state index contributed by atoms with van der Waals surface area (Å²) < 4.78 is 35.4. The number of methoxy groups -OCH3 is 1. The third-order valence-electron chi connectivity index (χ3n) is 7.90. The fourth-order valence-electron chi connectivity index (χ4n) is 5.53.